The van der Waals surface area contributed by atoms with Gasteiger partial charge in [-0.15, -0.1) is 0 Å². The molecule has 3 rings (SSSR count). The van der Waals surface area contributed by atoms with E-state index >= 15 is 0 Å². The lowest BCUT2D eigenvalue weighted by Crippen LogP contribution is -1.97. The van der Waals surface area contributed by atoms with E-state index in [1.54, 1.807) is 5.57 Å². The normalized spacial score (nSPS) is 28.4. The molecule has 0 spiro atoms. The van der Waals surface area contributed by atoms with Crippen molar-refractivity contribution in [2.75, 3.05) is 0 Å². The number of allylic oxidation sites excluding steroid dienone is 2. The Morgan fingerprint density at radius 3 is 2.71 bits per heavy atom. The highest BCUT2D eigenvalue weighted by Crippen LogP contribution is 2.57. The molecule has 2 aliphatic rings. The Morgan fingerprint density at radius 2 is 2.07 bits per heavy atom. The second-order valence-electron chi connectivity index (χ2n) is 4.78. The molecule has 2 atom stereocenters. The van der Waals surface area contributed by atoms with Gasteiger partial charge in [0, 0.05) is 30.6 Å². The van der Waals surface area contributed by atoms with E-state index < -0.39 is 0 Å². The third kappa shape index (κ3) is 0.839. The van der Waals surface area contributed by atoms with Crippen molar-refractivity contribution < 1.29 is 0 Å². The quantitative estimate of drug-likeness (QED) is 0.572. The SMILES string of the molecule is CC(C)=C1C2CCC1c1nn(C)cc12. The van der Waals surface area contributed by atoms with E-state index in [2.05, 4.69) is 25.1 Å². The lowest BCUT2D eigenvalue weighted by atomic mass is 9.98. The standard InChI is InChI=1S/C12H16N2/c1-7(2)11-8-4-5-9(11)12-10(8)6-14(3)13-12/h6,8-9H,4-5H2,1-3H3. The summed E-state index contributed by atoms with van der Waals surface area (Å²) in [6.45, 7) is 4.49. The van der Waals surface area contributed by atoms with Gasteiger partial charge in [0.25, 0.3) is 0 Å². The summed E-state index contributed by atoms with van der Waals surface area (Å²) in [4.78, 5) is 0. The minimum absolute atomic E-state index is 0.654. The Bertz CT molecular complexity index is 390. The monoisotopic (exact) mass is 188 g/mol. The number of aryl methyl sites for hydroxylation is 1. The fourth-order valence-corrected chi connectivity index (χ4v) is 3.25. The summed E-state index contributed by atoms with van der Waals surface area (Å²) < 4.78 is 1.97. The molecule has 0 aromatic carbocycles. The summed E-state index contributed by atoms with van der Waals surface area (Å²) in [7, 11) is 2.03. The minimum atomic E-state index is 0.654. The van der Waals surface area contributed by atoms with Gasteiger partial charge in [-0.2, -0.15) is 5.10 Å². The number of aromatic nitrogens is 2. The molecule has 2 aliphatic carbocycles. The van der Waals surface area contributed by atoms with Crippen molar-refractivity contribution in [3.63, 3.8) is 0 Å². The van der Waals surface area contributed by atoms with Gasteiger partial charge >= 0.3 is 0 Å². The predicted molar refractivity (Wildman–Crippen MR) is 56.3 cm³/mol. The summed E-state index contributed by atoms with van der Waals surface area (Å²) in [6.07, 6.45) is 4.86. The smallest absolute Gasteiger partial charge is 0.0734 e. The molecule has 2 heteroatoms. The average Bonchev–Trinajstić information content (AvgIpc) is 2.69. The maximum absolute atomic E-state index is 4.59. The zero-order valence-corrected chi connectivity index (χ0v) is 9.04. The lowest BCUT2D eigenvalue weighted by Gasteiger charge is -2.07. The van der Waals surface area contributed by atoms with Gasteiger partial charge in [-0.3, -0.25) is 4.68 Å². The molecule has 1 aromatic rings. The fourth-order valence-electron chi connectivity index (χ4n) is 3.25. The van der Waals surface area contributed by atoms with E-state index in [-0.39, 0.29) is 0 Å². The van der Waals surface area contributed by atoms with Gasteiger partial charge in [-0.25, -0.2) is 0 Å². The first-order valence-corrected chi connectivity index (χ1v) is 5.39. The Labute approximate surface area is 84.6 Å². The summed E-state index contributed by atoms with van der Waals surface area (Å²) >= 11 is 0. The van der Waals surface area contributed by atoms with E-state index in [0.29, 0.717) is 11.8 Å². The minimum Gasteiger partial charge on any atom is -0.275 e. The van der Waals surface area contributed by atoms with E-state index in [9.17, 15) is 0 Å². The van der Waals surface area contributed by atoms with Crippen LogP contribution in [-0.2, 0) is 7.05 Å². The van der Waals surface area contributed by atoms with Crippen LogP contribution < -0.4 is 0 Å². The van der Waals surface area contributed by atoms with Crippen molar-refractivity contribution in [1.29, 1.82) is 0 Å². The summed E-state index contributed by atoms with van der Waals surface area (Å²) in [5.74, 6) is 1.36. The summed E-state index contributed by atoms with van der Waals surface area (Å²) in [5, 5.41) is 4.59. The lowest BCUT2D eigenvalue weighted by molar-refractivity contribution is 0.684. The maximum Gasteiger partial charge on any atom is 0.0734 e. The second-order valence-corrected chi connectivity index (χ2v) is 4.78. The van der Waals surface area contributed by atoms with Crippen LogP contribution in [0.2, 0.25) is 0 Å². The molecule has 2 bridgehead atoms. The molecular formula is C12H16N2. The van der Waals surface area contributed by atoms with E-state index in [4.69, 9.17) is 0 Å². The fraction of sp³-hybridized carbons (Fsp3) is 0.583. The third-order valence-corrected chi connectivity index (χ3v) is 3.66. The van der Waals surface area contributed by atoms with E-state index in [1.807, 2.05) is 11.7 Å². The van der Waals surface area contributed by atoms with Gasteiger partial charge in [0.05, 0.1) is 5.69 Å². The van der Waals surface area contributed by atoms with E-state index in [0.717, 1.165) is 0 Å². The molecule has 0 N–H and O–H groups in total. The van der Waals surface area contributed by atoms with Gasteiger partial charge < -0.3 is 0 Å². The first kappa shape index (κ1) is 8.27. The van der Waals surface area contributed by atoms with Crippen molar-refractivity contribution in [2.45, 2.75) is 38.5 Å². The number of nitrogens with zero attached hydrogens (tertiary/aromatic N) is 2. The summed E-state index contributed by atoms with van der Waals surface area (Å²) in [5.41, 5.74) is 6.04. The molecule has 2 unspecified atom stereocenters. The maximum atomic E-state index is 4.59. The van der Waals surface area contributed by atoms with Crippen molar-refractivity contribution in [1.82, 2.24) is 9.78 Å². The topological polar surface area (TPSA) is 17.8 Å². The van der Waals surface area contributed by atoms with Crippen molar-refractivity contribution in [3.05, 3.63) is 28.6 Å². The van der Waals surface area contributed by atoms with Gasteiger partial charge in [-0.05, 0) is 26.7 Å². The third-order valence-electron chi connectivity index (χ3n) is 3.66. The number of hydrogen-bond donors (Lipinski definition) is 0. The zero-order valence-electron chi connectivity index (χ0n) is 9.04. The molecule has 0 amide bonds. The highest BCUT2D eigenvalue weighted by molar-refractivity contribution is 5.50. The van der Waals surface area contributed by atoms with Crippen molar-refractivity contribution >= 4 is 0 Å². The first-order chi connectivity index (χ1) is 6.68. The molecule has 0 saturated heterocycles. The Balaban J connectivity index is 2.20. The van der Waals surface area contributed by atoms with Crippen LogP contribution in [0.25, 0.3) is 0 Å². The Hall–Kier alpha value is -1.05. The largest absolute Gasteiger partial charge is 0.275 e. The van der Waals surface area contributed by atoms with Gasteiger partial charge in [-0.1, -0.05) is 11.1 Å². The molecule has 74 valence electrons. The zero-order chi connectivity index (χ0) is 9.87. The molecule has 1 saturated carbocycles. The van der Waals surface area contributed by atoms with Crippen molar-refractivity contribution in [2.24, 2.45) is 7.05 Å². The number of hydrogen-bond acceptors (Lipinski definition) is 1. The molecule has 2 nitrogen and oxygen atoms in total. The number of fused-ring (bicyclic) bond motifs is 5. The van der Waals surface area contributed by atoms with Gasteiger partial charge in [0.15, 0.2) is 0 Å². The highest BCUT2D eigenvalue weighted by atomic mass is 15.3. The predicted octanol–water partition coefficient (Wildman–Crippen LogP) is 2.73. The molecular weight excluding hydrogens is 172 g/mol. The average molecular weight is 188 g/mol. The number of rotatable bonds is 0. The van der Waals surface area contributed by atoms with Crippen LogP contribution in [0.5, 0.6) is 0 Å². The second kappa shape index (κ2) is 2.50. The van der Waals surface area contributed by atoms with Crippen LogP contribution in [0.1, 0.15) is 49.8 Å². The van der Waals surface area contributed by atoms with Gasteiger partial charge in [0.2, 0.25) is 0 Å². The molecule has 1 fully saturated rings. The first-order valence-electron chi connectivity index (χ1n) is 5.39. The summed E-state index contributed by atoms with van der Waals surface area (Å²) in [6, 6.07) is 0. The van der Waals surface area contributed by atoms with Crippen LogP contribution >= 0.6 is 0 Å². The van der Waals surface area contributed by atoms with Gasteiger partial charge in [0.1, 0.15) is 0 Å². The van der Waals surface area contributed by atoms with Crippen LogP contribution in [-0.4, -0.2) is 9.78 Å². The Morgan fingerprint density at radius 1 is 1.36 bits per heavy atom. The van der Waals surface area contributed by atoms with Crippen LogP contribution in [0.3, 0.4) is 0 Å². The van der Waals surface area contributed by atoms with Crippen LogP contribution in [0, 0.1) is 0 Å². The highest BCUT2D eigenvalue weighted by Gasteiger charge is 2.43. The van der Waals surface area contributed by atoms with Crippen molar-refractivity contribution in [3.8, 4) is 0 Å². The molecule has 0 aliphatic heterocycles. The van der Waals surface area contributed by atoms with Crippen LogP contribution in [0.4, 0.5) is 0 Å². The van der Waals surface area contributed by atoms with Crippen LogP contribution in [0.15, 0.2) is 17.3 Å². The molecule has 0 radical (unpaired) electrons. The molecule has 14 heavy (non-hydrogen) atoms. The molecule has 1 aromatic heterocycles. The molecule has 1 heterocycles. The Kier molecular flexibility index (Phi) is 1.48. The van der Waals surface area contributed by atoms with E-state index in [1.165, 1.54) is 29.7 Å².